The second-order valence-corrected chi connectivity index (χ2v) is 5.50. The van der Waals surface area contributed by atoms with Crippen LogP contribution in [0.15, 0.2) is 42.7 Å². The van der Waals surface area contributed by atoms with E-state index in [0.717, 1.165) is 25.5 Å². The van der Waals surface area contributed by atoms with E-state index in [2.05, 4.69) is 50.6 Å². The number of imidazole rings is 1. The fourth-order valence-corrected chi connectivity index (χ4v) is 3.18. The van der Waals surface area contributed by atoms with Gasteiger partial charge < -0.3 is 15.2 Å². The number of nitrogens with one attached hydrogen (secondary N) is 2. The number of nitrogens with zero attached hydrogens (tertiary/aromatic N) is 2. The molecule has 2 fully saturated rings. The van der Waals surface area contributed by atoms with Crippen LogP contribution < -0.4 is 10.6 Å². The zero-order valence-electron chi connectivity index (χ0n) is 10.8. The fourth-order valence-electron chi connectivity index (χ4n) is 3.18. The Balaban J connectivity index is 1.66. The van der Waals surface area contributed by atoms with Crippen molar-refractivity contribution in [1.29, 1.82) is 0 Å². The van der Waals surface area contributed by atoms with Gasteiger partial charge in [-0.25, -0.2) is 4.98 Å². The van der Waals surface area contributed by atoms with Crippen molar-refractivity contribution in [3.8, 4) is 11.4 Å². The highest BCUT2D eigenvalue weighted by Gasteiger charge is 2.56. The predicted molar refractivity (Wildman–Crippen MR) is 74.9 cm³/mol. The van der Waals surface area contributed by atoms with Crippen molar-refractivity contribution in [2.75, 3.05) is 19.6 Å². The monoisotopic (exact) mass is 254 g/mol. The first-order chi connectivity index (χ1) is 9.39. The maximum absolute atomic E-state index is 4.54. The van der Waals surface area contributed by atoms with E-state index in [9.17, 15) is 0 Å². The van der Waals surface area contributed by atoms with Crippen molar-refractivity contribution in [3.63, 3.8) is 0 Å². The minimum absolute atomic E-state index is 0.252. The largest absolute Gasteiger partial charge is 0.326 e. The van der Waals surface area contributed by atoms with E-state index >= 15 is 0 Å². The van der Waals surface area contributed by atoms with Crippen LogP contribution in [0.3, 0.4) is 0 Å². The van der Waals surface area contributed by atoms with E-state index in [-0.39, 0.29) is 5.54 Å². The van der Waals surface area contributed by atoms with Gasteiger partial charge in [-0.2, -0.15) is 0 Å². The van der Waals surface area contributed by atoms with Crippen LogP contribution in [-0.4, -0.2) is 34.7 Å². The number of hydrogen-bond donors (Lipinski definition) is 2. The molecule has 1 aromatic carbocycles. The summed E-state index contributed by atoms with van der Waals surface area (Å²) < 4.78 is 2.33. The minimum Gasteiger partial charge on any atom is -0.326 e. The Morgan fingerprint density at radius 3 is 2.89 bits per heavy atom. The van der Waals surface area contributed by atoms with Crippen molar-refractivity contribution in [2.45, 2.75) is 18.0 Å². The SMILES string of the molecule is c1ccc(-c2nccn2C2CC23CNCCN3)cc1. The smallest absolute Gasteiger partial charge is 0.140 e. The molecular weight excluding hydrogens is 236 g/mol. The normalized spacial score (nSPS) is 29.6. The van der Waals surface area contributed by atoms with Gasteiger partial charge in [-0.15, -0.1) is 0 Å². The molecule has 1 aliphatic carbocycles. The summed E-state index contributed by atoms with van der Waals surface area (Å²) in [5, 5.41) is 7.17. The van der Waals surface area contributed by atoms with Crippen LogP contribution in [0.2, 0.25) is 0 Å². The molecule has 0 bridgehead atoms. The lowest BCUT2D eigenvalue weighted by molar-refractivity contribution is 0.374. The molecular formula is C15H18N4. The summed E-state index contributed by atoms with van der Waals surface area (Å²) in [6, 6.07) is 11.0. The zero-order chi connectivity index (χ0) is 12.7. The summed E-state index contributed by atoms with van der Waals surface area (Å²) in [7, 11) is 0. The number of rotatable bonds is 2. The Morgan fingerprint density at radius 1 is 1.21 bits per heavy atom. The highest BCUT2D eigenvalue weighted by molar-refractivity contribution is 5.56. The molecule has 4 rings (SSSR count). The Hall–Kier alpha value is -1.65. The van der Waals surface area contributed by atoms with E-state index in [4.69, 9.17) is 0 Å². The molecule has 4 nitrogen and oxygen atoms in total. The van der Waals surface area contributed by atoms with Crippen molar-refractivity contribution < 1.29 is 0 Å². The molecule has 2 unspecified atom stereocenters. The van der Waals surface area contributed by atoms with Crippen molar-refractivity contribution >= 4 is 0 Å². The lowest BCUT2D eigenvalue weighted by Crippen LogP contribution is -2.51. The van der Waals surface area contributed by atoms with Crippen LogP contribution in [0, 0.1) is 0 Å². The highest BCUT2D eigenvalue weighted by Crippen LogP contribution is 2.49. The van der Waals surface area contributed by atoms with E-state index in [1.807, 2.05) is 12.3 Å². The summed E-state index contributed by atoms with van der Waals surface area (Å²) in [6.07, 6.45) is 5.21. The van der Waals surface area contributed by atoms with E-state index in [1.54, 1.807) is 0 Å². The van der Waals surface area contributed by atoms with Gasteiger partial charge in [-0.05, 0) is 6.42 Å². The van der Waals surface area contributed by atoms with Crippen LogP contribution >= 0.6 is 0 Å². The first-order valence-corrected chi connectivity index (χ1v) is 6.93. The van der Waals surface area contributed by atoms with Crippen molar-refractivity contribution in [3.05, 3.63) is 42.7 Å². The quantitative estimate of drug-likeness (QED) is 0.852. The summed E-state index contributed by atoms with van der Waals surface area (Å²) in [5.41, 5.74) is 1.45. The Morgan fingerprint density at radius 2 is 2.11 bits per heavy atom. The number of piperazine rings is 1. The molecule has 2 aliphatic rings. The Labute approximate surface area is 112 Å². The van der Waals surface area contributed by atoms with Gasteiger partial charge in [0.1, 0.15) is 5.82 Å². The van der Waals surface area contributed by atoms with Gasteiger partial charge in [-0.1, -0.05) is 30.3 Å². The molecule has 1 saturated carbocycles. The van der Waals surface area contributed by atoms with E-state index < -0.39 is 0 Å². The van der Waals surface area contributed by atoms with Crippen LogP contribution in [0.4, 0.5) is 0 Å². The number of aromatic nitrogens is 2. The van der Waals surface area contributed by atoms with Gasteiger partial charge in [0.05, 0.1) is 11.6 Å². The summed E-state index contributed by atoms with van der Waals surface area (Å²) in [6.45, 7) is 3.19. The minimum atomic E-state index is 0.252. The molecule has 1 saturated heterocycles. The standard InChI is InChI=1S/C15H18N4/c1-2-4-12(5-3-1)14-17-8-9-19(14)13-10-15(13)11-16-6-7-18-15/h1-5,8-9,13,16,18H,6-7,10-11H2. The molecule has 0 amide bonds. The van der Waals surface area contributed by atoms with Crippen LogP contribution in [0.5, 0.6) is 0 Å². The molecule has 0 radical (unpaired) electrons. The zero-order valence-corrected chi connectivity index (χ0v) is 10.8. The molecule has 2 heterocycles. The molecule has 98 valence electrons. The molecule has 1 aliphatic heterocycles. The molecule has 1 aromatic heterocycles. The van der Waals surface area contributed by atoms with Crippen molar-refractivity contribution in [2.24, 2.45) is 0 Å². The maximum atomic E-state index is 4.54. The predicted octanol–water partition coefficient (Wildman–Crippen LogP) is 1.43. The molecule has 1 spiro atoms. The number of hydrogen-bond acceptors (Lipinski definition) is 3. The summed E-state index contributed by atoms with van der Waals surface area (Å²) >= 11 is 0. The Bertz CT molecular complexity index is 569. The van der Waals surface area contributed by atoms with Gasteiger partial charge >= 0.3 is 0 Å². The van der Waals surface area contributed by atoms with Crippen LogP contribution in [0.1, 0.15) is 12.5 Å². The second-order valence-electron chi connectivity index (χ2n) is 5.50. The van der Waals surface area contributed by atoms with Gasteiger partial charge in [0.25, 0.3) is 0 Å². The fraction of sp³-hybridized carbons (Fsp3) is 0.400. The lowest BCUT2D eigenvalue weighted by Gasteiger charge is -2.26. The third kappa shape index (κ3) is 1.79. The van der Waals surface area contributed by atoms with Crippen LogP contribution in [-0.2, 0) is 0 Å². The number of benzene rings is 1. The van der Waals surface area contributed by atoms with E-state index in [0.29, 0.717) is 6.04 Å². The molecule has 4 heteroatoms. The highest BCUT2D eigenvalue weighted by atomic mass is 15.3. The average molecular weight is 254 g/mol. The van der Waals surface area contributed by atoms with Crippen LogP contribution in [0.25, 0.3) is 11.4 Å². The summed E-state index contributed by atoms with van der Waals surface area (Å²) in [5.74, 6) is 1.08. The van der Waals surface area contributed by atoms with Gasteiger partial charge in [-0.3, -0.25) is 0 Å². The summed E-state index contributed by atoms with van der Waals surface area (Å²) in [4.78, 5) is 4.54. The topological polar surface area (TPSA) is 41.9 Å². The molecule has 19 heavy (non-hydrogen) atoms. The average Bonchev–Trinajstić information content (AvgIpc) is 2.95. The lowest BCUT2D eigenvalue weighted by atomic mass is 10.2. The first kappa shape index (κ1) is 11.2. The first-order valence-electron chi connectivity index (χ1n) is 6.93. The maximum Gasteiger partial charge on any atom is 0.140 e. The second kappa shape index (κ2) is 4.18. The van der Waals surface area contributed by atoms with E-state index in [1.165, 1.54) is 12.0 Å². The molecule has 2 atom stereocenters. The third-order valence-corrected chi connectivity index (χ3v) is 4.29. The third-order valence-electron chi connectivity index (χ3n) is 4.29. The molecule has 2 aromatic rings. The van der Waals surface area contributed by atoms with Gasteiger partial charge in [0.2, 0.25) is 0 Å². The Kier molecular flexibility index (Phi) is 2.47. The van der Waals surface area contributed by atoms with Crippen molar-refractivity contribution in [1.82, 2.24) is 20.2 Å². The molecule has 2 N–H and O–H groups in total. The van der Waals surface area contributed by atoms with Gasteiger partial charge in [0.15, 0.2) is 0 Å². The van der Waals surface area contributed by atoms with Gasteiger partial charge in [0, 0.05) is 37.6 Å².